The molecule has 0 aliphatic heterocycles. The molecule has 7 heteroatoms. The van der Waals surface area contributed by atoms with Gasteiger partial charge in [-0.05, 0) is 30.7 Å². The van der Waals surface area contributed by atoms with Gasteiger partial charge in [-0.1, -0.05) is 41.6 Å². The number of nitrogens with one attached hydrogen (secondary N) is 1. The lowest BCUT2D eigenvalue weighted by atomic mass is 10.1. The highest BCUT2D eigenvalue weighted by Crippen LogP contribution is 2.23. The monoisotopic (exact) mass is 359 g/mol. The Morgan fingerprint density at radius 1 is 1.11 bits per heavy atom. The van der Waals surface area contributed by atoms with Gasteiger partial charge in [0.05, 0.1) is 6.33 Å². The van der Waals surface area contributed by atoms with Crippen molar-refractivity contribution < 1.29 is 9.32 Å². The molecule has 27 heavy (non-hydrogen) atoms. The van der Waals surface area contributed by atoms with Gasteiger partial charge < -0.3 is 14.4 Å². The molecule has 2 aromatic carbocycles. The minimum atomic E-state index is -0.140. The van der Waals surface area contributed by atoms with E-state index in [1.165, 1.54) is 0 Å². The Labute approximate surface area is 155 Å². The molecule has 4 aromatic rings. The van der Waals surface area contributed by atoms with E-state index in [1.807, 2.05) is 61.5 Å². The Balaban J connectivity index is 1.47. The molecule has 2 heterocycles. The third kappa shape index (κ3) is 3.77. The molecule has 0 bridgehead atoms. The lowest BCUT2D eigenvalue weighted by molar-refractivity contribution is -0.116. The van der Waals surface area contributed by atoms with Crippen LogP contribution in [0.3, 0.4) is 0 Å². The largest absolute Gasteiger partial charge is 0.334 e. The molecule has 0 spiro atoms. The number of carbonyl (C=O) groups excluding carboxylic acids is 1. The van der Waals surface area contributed by atoms with Gasteiger partial charge in [0, 0.05) is 17.4 Å². The molecular weight excluding hydrogens is 342 g/mol. The highest BCUT2D eigenvalue weighted by Gasteiger charge is 2.14. The molecule has 7 nitrogen and oxygen atoms in total. The molecule has 1 N–H and O–H groups in total. The first-order chi connectivity index (χ1) is 13.2. The Morgan fingerprint density at radius 2 is 1.89 bits per heavy atom. The molecule has 4 rings (SSSR count). The number of rotatable bonds is 5. The van der Waals surface area contributed by atoms with Gasteiger partial charge in [0.25, 0.3) is 5.89 Å². The maximum absolute atomic E-state index is 12.1. The van der Waals surface area contributed by atoms with E-state index < -0.39 is 0 Å². The summed E-state index contributed by atoms with van der Waals surface area (Å²) in [6, 6.07) is 17.1. The number of hydrogen-bond donors (Lipinski definition) is 1. The van der Waals surface area contributed by atoms with E-state index in [-0.39, 0.29) is 12.5 Å². The molecule has 0 radical (unpaired) electrons. The molecule has 2 aromatic heterocycles. The van der Waals surface area contributed by atoms with Crippen molar-refractivity contribution in [2.24, 2.45) is 0 Å². The van der Waals surface area contributed by atoms with Crippen molar-refractivity contribution >= 4 is 11.6 Å². The molecule has 0 atom stereocenters. The van der Waals surface area contributed by atoms with Crippen LogP contribution in [0.2, 0.25) is 0 Å². The van der Waals surface area contributed by atoms with E-state index in [0.717, 1.165) is 16.8 Å². The Hall–Kier alpha value is -3.74. The number of para-hydroxylation sites is 1. The highest BCUT2D eigenvalue weighted by molar-refractivity contribution is 5.90. The number of anilines is 1. The average Bonchev–Trinajstić information content (AvgIpc) is 3.32. The summed E-state index contributed by atoms with van der Waals surface area (Å²) in [5, 5.41) is 6.84. The van der Waals surface area contributed by atoms with Crippen LogP contribution >= 0.6 is 0 Å². The molecular formula is C20H17N5O2. The topological polar surface area (TPSA) is 85.8 Å². The summed E-state index contributed by atoms with van der Waals surface area (Å²) < 4.78 is 7.04. The van der Waals surface area contributed by atoms with Gasteiger partial charge in [-0.2, -0.15) is 4.98 Å². The second-order valence-corrected chi connectivity index (χ2v) is 6.08. The van der Waals surface area contributed by atoms with Crippen LogP contribution in [0.15, 0.2) is 71.6 Å². The van der Waals surface area contributed by atoms with Crippen LogP contribution in [0.25, 0.3) is 23.0 Å². The zero-order valence-corrected chi connectivity index (χ0v) is 14.7. The standard InChI is InChI=1S/C20H17N5O2/c1-14-7-5-6-10-16(14)20-23-19(24-27-20)17-11-25(13-21-17)12-18(26)22-15-8-3-2-4-9-15/h2-11,13H,12H2,1H3,(H,22,26). The van der Waals surface area contributed by atoms with Crippen LogP contribution in [0, 0.1) is 6.92 Å². The molecule has 0 aliphatic carbocycles. The zero-order valence-electron chi connectivity index (χ0n) is 14.7. The number of carbonyl (C=O) groups is 1. The SMILES string of the molecule is Cc1ccccc1-c1nc(-c2cn(CC(=O)Nc3ccccc3)cn2)no1. The Bertz CT molecular complexity index is 1070. The van der Waals surface area contributed by atoms with Gasteiger partial charge in [-0.25, -0.2) is 4.98 Å². The molecule has 0 aliphatic rings. The number of amides is 1. The Morgan fingerprint density at radius 3 is 2.70 bits per heavy atom. The van der Waals surface area contributed by atoms with E-state index in [1.54, 1.807) is 17.1 Å². The summed E-state index contributed by atoms with van der Waals surface area (Å²) in [4.78, 5) is 20.8. The fraction of sp³-hybridized carbons (Fsp3) is 0.100. The highest BCUT2D eigenvalue weighted by atomic mass is 16.5. The normalized spacial score (nSPS) is 10.7. The molecule has 0 saturated heterocycles. The van der Waals surface area contributed by atoms with Crippen LogP contribution in [0.5, 0.6) is 0 Å². The van der Waals surface area contributed by atoms with E-state index >= 15 is 0 Å². The van der Waals surface area contributed by atoms with Crippen molar-refractivity contribution in [1.82, 2.24) is 19.7 Å². The first kappa shape index (κ1) is 16.7. The van der Waals surface area contributed by atoms with Crippen LogP contribution in [-0.2, 0) is 11.3 Å². The van der Waals surface area contributed by atoms with Crippen molar-refractivity contribution in [2.75, 3.05) is 5.32 Å². The van der Waals surface area contributed by atoms with Crippen molar-refractivity contribution in [3.63, 3.8) is 0 Å². The summed E-state index contributed by atoms with van der Waals surface area (Å²) in [5.74, 6) is 0.689. The molecule has 1 amide bonds. The van der Waals surface area contributed by atoms with Crippen LogP contribution in [-0.4, -0.2) is 25.6 Å². The minimum Gasteiger partial charge on any atom is -0.334 e. The van der Waals surface area contributed by atoms with Crippen LogP contribution < -0.4 is 5.32 Å². The van der Waals surface area contributed by atoms with Crippen molar-refractivity contribution in [3.05, 3.63) is 72.7 Å². The number of hydrogen-bond acceptors (Lipinski definition) is 5. The summed E-state index contributed by atoms with van der Waals surface area (Å²) in [6.07, 6.45) is 3.29. The van der Waals surface area contributed by atoms with Gasteiger partial charge in [0.15, 0.2) is 0 Å². The van der Waals surface area contributed by atoms with Gasteiger partial charge >= 0.3 is 0 Å². The lowest BCUT2D eigenvalue weighted by Crippen LogP contribution is -2.17. The fourth-order valence-corrected chi connectivity index (χ4v) is 2.70. The number of aryl methyl sites for hydroxylation is 1. The number of aromatic nitrogens is 4. The maximum atomic E-state index is 12.1. The summed E-state index contributed by atoms with van der Waals surface area (Å²) in [6.45, 7) is 2.13. The third-order valence-corrected chi connectivity index (χ3v) is 4.05. The second-order valence-electron chi connectivity index (χ2n) is 6.08. The zero-order chi connectivity index (χ0) is 18.6. The predicted molar refractivity (Wildman–Crippen MR) is 101 cm³/mol. The summed E-state index contributed by atoms with van der Waals surface area (Å²) >= 11 is 0. The summed E-state index contributed by atoms with van der Waals surface area (Å²) in [5.41, 5.74) is 3.24. The van der Waals surface area contributed by atoms with E-state index in [0.29, 0.717) is 17.4 Å². The summed E-state index contributed by atoms with van der Waals surface area (Å²) in [7, 11) is 0. The average molecular weight is 359 g/mol. The number of imidazole rings is 1. The molecule has 134 valence electrons. The van der Waals surface area contributed by atoms with Crippen LogP contribution in [0.1, 0.15) is 5.56 Å². The molecule has 0 fully saturated rings. The fourth-order valence-electron chi connectivity index (χ4n) is 2.70. The lowest BCUT2D eigenvalue weighted by Gasteiger charge is -2.04. The first-order valence-corrected chi connectivity index (χ1v) is 8.46. The number of benzene rings is 2. The predicted octanol–water partition coefficient (Wildman–Crippen LogP) is 3.55. The maximum Gasteiger partial charge on any atom is 0.258 e. The van der Waals surface area contributed by atoms with E-state index in [9.17, 15) is 4.79 Å². The van der Waals surface area contributed by atoms with Gasteiger partial charge in [0.2, 0.25) is 11.7 Å². The number of nitrogens with zero attached hydrogens (tertiary/aromatic N) is 4. The van der Waals surface area contributed by atoms with E-state index in [2.05, 4.69) is 20.4 Å². The minimum absolute atomic E-state index is 0.140. The van der Waals surface area contributed by atoms with E-state index in [4.69, 9.17) is 4.52 Å². The first-order valence-electron chi connectivity index (χ1n) is 8.46. The van der Waals surface area contributed by atoms with Gasteiger partial charge in [-0.3, -0.25) is 4.79 Å². The smallest absolute Gasteiger partial charge is 0.258 e. The molecule has 0 saturated carbocycles. The molecule has 0 unspecified atom stereocenters. The second kappa shape index (κ2) is 7.25. The van der Waals surface area contributed by atoms with Gasteiger partial charge in [-0.15, -0.1) is 0 Å². The third-order valence-electron chi connectivity index (χ3n) is 4.05. The van der Waals surface area contributed by atoms with Gasteiger partial charge in [0.1, 0.15) is 12.2 Å². The Kier molecular flexibility index (Phi) is 4.49. The van der Waals surface area contributed by atoms with Crippen LogP contribution in [0.4, 0.5) is 5.69 Å². The van der Waals surface area contributed by atoms with Crippen molar-refractivity contribution in [2.45, 2.75) is 13.5 Å². The van der Waals surface area contributed by atoms with Crippen molar-refractivity contribution in [3.8, 4) is 23.0 Å². The quantitative estimate of drug-likeness (QED) is 0.589. The van der Waals surface area contributed by atoms with Crippen molar-refractivity contribution in [1.29, 1.82) is 0 Å².